The Morgan fingerprint density at radius 3 is 2.29 bits per heavy atom. The Morgan fingerprint density at radius 2 is 1.64 bits per heavy atom. The molecule has 2 aliphatic carbocycles. The highest BCUT2D eigenvalue weighted by atomic mass is 16.5. The molecule has 2 saturated carbocycles. The Balaban J connectivity index is 1.34. The van der Waals surface area contributed by atoms with E-state index in [0.717, 1.165) is 48.6 Å². The van der Waals surface area contributed by atoms with Crippen molar-refractivity contribution in [2.24, 2.45) is 17.8 Å². The van der Waals surface area contributed by atoms with Gasteiger partial charge < -0.3 is 25.6 Å². The molecule has 2 aromatic carbocycles. The van der Waals surface area contributed by atoms with Gasteiger partial charge in [0.2, 0.25) is 0 Å². The number of carboxylic acids is 1. The predicted octanol–water partition coefficient (Wildman–Crippen LogP) is 7.31. The van der Waals surface area contributed by atoms with Gasteiger partial charge in [0, 0.05) is 12.1 Å². The molecule has 5 rings (SSSR count). The second-order valence-corrected chi connectivity index (χ2v) is 12.8. The maximum absolute atomic E-state index is 13.7. The zero-order valence-electron chi connectivity index (χ0n) is 26.3. The molecule has 1 unspecified atom stereocenters. The van der Waals surface area contributed by atoms with Crippen LogP contribution in [0.1, 0.15) is 112 Å². The molecular weight excluding hydrogens is 570 g/mol. The lowest BCUT2D eigenvalue weighted by Gasteiger charge is -2.39. The van der Waals surface area contributed by atoms with Gasteiger partial charge in [-0.05, 0) is 78.7 Å². The first-order chi connectivity index (χ1) is 21.8. The maximum atomic E-state index is 13.7. The standard InChI is InChI=1S/C35H45N5O5/c1-22(2)28-9-6-10-29(31(28)34-37-21-38-45-34)39-35(44)40-32(25-13-11-24(12-14-25)23-7-4-3-5-8-23)26-15-17-27(18-16-26)33(43)36-20-19-30(41)42/h6,9-10,15-18,21-25,32H,3-5,7-8,11-14,19-20H2,1-2H3,(H,36,43)(H,41,42)(H2,39,40,44). The Kier molecular flexibility index (Phi) is 10.9. The third-order valence-corrected chi connectivity index (χ3v) is 9.59. The average molecular weight is 616 g/mol. The fourth-order valence-electron chi connectivity index (χ4n) is 7.23. The third kappa shape index (κ3) is 8.29. The summed E-state index contributed by atoms with van der Waals surface area (Å²) in [7, 11) is 0. The van der Waals surface area contributed by atoms with Crippen molar-refractivity contribution in [3.05, 3.63) is 65.5 Å². The number of hydrogen-bond donors (Lipinski definition) is 4. The van der Waals surface area contributed by atoms with Gasteiger partial charge in [-0.2, -0.15) is 4.98 Å². The molecule has 0 saturated heterocycles. The number of rotatable bonds is 11. The van der Waals surface area contributed by atoms with Gasteiger partial charge in [-0.15, -0.1) is 0 Å². The number of benzene rings is 2. The Hall–Kier alpha value is -4.21. The number of hydrogen-bond acceptors (Lipinski definition) is 6. The van der Waals surface area contributed by atoms with Crippen molar-refractivity contribution in [3.8, 4) is 11.5 Å². The lowest BCUT2D eigenvalue weighted by Crippen LogP contribution is -2.38. The van der Waals surface area contributed by atoms with E-state index in [-0.39, 0.29) is 42.8 Å². The van der Waals surface area contributed by atoms with Crippen LogP contribution in [0.3, 0.4) is 0 Å². The number of aliphatic carboxylic acids is 1. The minimum absolute atomic E-state index is 0.0636. The molecule has 0 bridgehead atoms. The van der Waals surface area contributed by atoms with E-state index >= 15 is 0 Å². The molecule has 0 spiro atoms. The van der Waals surface area contributed by atoms with Gasteiger partial charge in [0.15, 0.2) is 6.33 Å². The summed E-state index contributed by atoms with van der Waals surface area (Å²) in [5.41, 5.74) is 3.68. The van der Waals surface area contributed by atoms with Crippen molar-refractivity contribution in [3.63, 3.8) is 0 Å². The average Bonchev–Trinajstić information content (AvgIpc) is 3.59. The number of carboxylic acid groups (broad SMARTS) is 1. The monoisotopic (exact) mass is 615 g/mol. The number of carbonyl (C=O) groups is 3. The number of carbonyl (C=O) groups excluding carboxylic acids is 2. The maximum Gasteiger partial charge on any atom is 0.319 e. The zero-order valence-corrected chi connectivity index (χ0v) is 26.3. The van der Waals surface area contributed by atoms with Crippen LogP contribution in [0.15, 0.2) is 53.3 Å². The minimum Gasteiger partial charge on any atom is -0.481 e. The second-order valence-electron chi connectivity index (χ2n) is 12.8. The SMILES string of the molecule is CC(C)c1cccc(NC(=O)NC(c2ccc(C(=O)NCCC(=O)O)cc2)C2CCC(C3CCCCC3)CC2)c1-c1ncno1. The molecular formula is C35H45N5O5. The fraction of sp³-hybridized carbons (Fsp3) is 0.514. The van der Waals surface area contributed by atoms with Gasteiger partial charge in [0.25, 0.3) is 11.8 Å². The summed E-state index contributed by atoms with van der Waals surface area (Å²) in [4.78, 5) is 41.4. The molecule has 3 amide bonds. The molecule has 2 aliphatic rings. The van der Waals surface area contributed by atoms with Crippen LogP contribution in [0.4, 0.5) is 10.5 Å². The molecule has 2 fully saturated rings. The second kappa shape index (κ2) is 15.2. The van der Waals surface area contributed by atoms with E-state index in [1.165, 1.54) is 38.4 Å². The van der Waals surface area contributed by atoms with E-state index < -0.39 is 5.97 Å². The van der Waals surface area contributed by atoms with Gasteiger partial charge in [-0.1, -0.05) is 75.4 Å². The van der Waals surface area contributed by atoms with Crippen molar-refractivity contribution < 1.29 is 24.0 Å². The largest absolute Gasteiger partial charge is 0.481 e. The summed E-state index contributed by atoms with van der Waals surface area (Å²) in [6, 6.07) is 12.5. The highest BCUT2D eigenvalue weighted by Gasteiger charge is 2.33. The Labute approximate surface area is 264 Å². The summed E-state index contributed by atoms with van der Waals surface area (Å²) in [5, 5.41) is 21.7. The van der Waals surface area contributed by atoms with Crippen LogP contribution in [0, 0.1) is 17.8 Å². The number of anilines is 1. The lowest BCUT2D eigenvalue weighted by molar-refractivity contribution is -0.136. The number of amides is 3. The minimum atomic E-state index is -0.962. The van der Waals surface area contributed by atoms with E-state index in [0.29, 0.717) is 22.7 Å². The summed E-state index contributed by atoms with van der Waals surface area (Å²) >= 11 is 0. The first-order valence-electron chi connectivity index (χ1n) is 16.4. The van der Waals surface area contributed by atoms with Gasteiger partial charge in [-0.25, -0.2) is 4.79 Å². The molecule has 3 aromatic rings. The van der Waals surface area contributed by atoms with Crippen molar-refractivity contribution in [2.75, 3.05) is 11.9 Å². The highest BCUT2D eigenvalue weighted by molar-refractivity contribution is 5.95. The smallest absolute Gasteiger partial charge is 0.319 e. The van der Waals surface area contributed by atoms with Gasteiger partial charge in [-0.3, -0.25) is 9.59 Å². The van der Waals surface area contributed by atoms with Crippen molar-refractivity contribution >= 4 is 23.6 Å². The van der Waals surface area contributed by atoms with E-state index in [1.807, 2.05) is 30.3 Å². The fourth-order valence-corrected chi connectivity index (χ4v) is 7.23. The molecule has 0 aliphatic heterocycles. The molecule has 0 radical (unpaired) electrons. The molecule has 240 valence electrons. The van der Waals surface area contributed by atoms with Gasteiger partial charge in [0.05, 0.1) is 23.7 Å². The normalized spacial score (nSPS) is 19.5. The quantitative estimate of drug-likeness (QED) is 0.177. The lowest BCUT2D eigenvalue weighted by atomic mass is 9.69. The Bertz CT molecular complexity index is 1430. The molecule has 1 atom stereocenters. The van der Waals surface area contributed by atoms with Gasteiger partial charge >= 0.3 is 12.0 Å². The number of nitrogens with zero attached hydrogens (tertiary/aromatic N) is 2. The van der Waals surface area contributed by atoms with Gasteiger partial charge in [0.1, 0.15) is 0 Å². The van der Waals surface area contributed by atoms with Crippen LogP contribution >= 0.6 is 0 Å². The van der Waals surface area contributed by atoms with Crippen molar-refractivity contribution in [1.82, 2.24) is 20.8 Å². The van der Waals surface area contributed by atoms with Crippen molar-refractivity contribution in [2.45, 2.75) is 90.0 Å². The van der Waals surface area contributed by atoms with E-state index in [9.17, 15) is 14.4 Å². The molecule has 45 heavy (non-hydrogen) atoms. The number of aromatic nitrogens is 2. The molecule has 4 N–H and O–H groups in total. The summed E-state index contributed by atoms with van der Waals surface area (Å²) in [6.07, 6.45) is 12.3. The van der Waals surface area contributed by atoms with Crippen LogP contribution in [0.25, 0.3) is 11.5 Å². The molecule has 1 aromatic heterocycles. The summed E-state index contributed by atoms with van der Waals surface area (Å²) in [6.45, 7) is 4.22. The van der Waals surface area contributed by atoms with E-state index in [1.54, 1.807) is 12.1 Å². The van der Waals surface area contributed by atoms with E-state index in [4.69, 9.17) is 9.63 Å². The molecule has 10 heteroatoms. The zero-order chi connectivity index (χ0) is 31.8. The molecule has 1 heterocycles. The third-order valence-electron chi connectivity index (χ3n) is 9.59. The van der Waals surface area contributed by atoms with Crippen molar-refractivity contribution in [1.29, 1.82) is 0 Å². The van der Waals surface area contributed by atoms with Crippen LogP contribution in [-0.2, 0) is 4.79 Å². The van der Waals surface area contributed by atoms with Crippen LogP contribution < -0.4 is 16.0 Å². The van der Waals surface area contributed by atoms with Crippen LogP contribution in [0.5, 0.6) is 0 Å². The first kappa shape index (κ1) is 32.2. The topological polar surface area (TPSA) is 146 Å². The van der Waals surface area contributed by atoms with Crippen LogP contribution in [-0.4, -0.2) is 39.7 Å². The summed E-state index contributed by atoms with van der Waals surface area (Å²) < 4.78 is 5.41. The highest BCUT2D eigenvalue weighted by Crippen LogP contribution is 2.43. The van der Waals surface area contributed by atoms with E-state index in [2.05, 4.69) is 39.9 Å². The first-order valence-corrected chi connectivity index (χ1v) is 16.4. The number of urea groups is 1. The predicted molar refractivity (Wildman–Crippen MR) is 172 cm³/mol. The Morgan fingerprint density at radius 1 is 0.933 bits per heavy atom. The van der Waals surface area contributed by atoms with Crippen LogP contribution in [0.2, 0.25) is 0 Å². The molecule has 10 nitrogen and oxygen atoms in total. The summed E-state index contributed by atoms with van der Waals surface area (Å²) in [5.74, 6) is 1.07. The number of nitrogens with one attached hydrogen (secondary N) is 3.